The lowest BCUT2D eigenvalue weighted by Gasteiger charge is -2.05. The van der Waals surface area contributed by atoms with Gasteiger partial charge in [-0.1, -0.05) is 0 Å². The molecule has 5 heteroatoms. The third kappa shape index (κ3) is 1.74. The Labute approximate surface area is 75.7 Å². The van der Waals surface area contributed by atoms with E-state index in [1.807, 2.05) is 0 Å². The van der Waals surface area contributed by atoms with Crippen molar-refractivity contribution in [2.24, 2.45) is 0 Å². The van der Waals surface area contributed by atoms with E-state index in [0.717, 1.165) is 0 Å². The average Bonchev–Trinajstić information content (AvgIpc) is 2.17. The van der Waals surface area contributed by atoms with Gasteiger partial charge in [0, 0.05) is 5.56 Å². The Morgan fingerprint density at radius 3 is 2.62 bits per heavy atom. The van der Waals surface area contributed by atoms with Gasteiger partial charge in [0.15, 0.2) is 5.69 Å². The Morgan fingerprint density at radius 1 is 1.38 bits per heavy atom. The summed E-state index contributed by atoms with van der Waals surface area (Å²) < 4.78 is 9.45. The number of carbonyl (C=O) groups is 1. The number of hydrogen-bond donors (Lipinski definition) is 0. The number of nitrogens with zero attached hydrogens (tertiary/aromatic N) is 2. The first-order valence-electron chi connectivity index (χ1n) is 3.64. The van der Waals surface area contributed by atoms with Gasteiger partial charge in [-0.2, -0.15) is 0 Å². The van der Waals surface area contributed by atoms with Crippen LogP contribution in [0.5, 0.6) is 5.88 Å². The Hall–Kier alpha value is -1.65. The Morgan fingerprint density at radius 2 is 2.08 bits per heavy atom. The van der Waals surface area contributed by atoms with Crippen LogP contribution in [0.3, 0.4) is 0 Å². The first kappa shape index (κ1) is 9.44. The van der Waals surface area contributed by atoms with Crippen molar-refractivity contribution in [2.45, 2.75) is 6.92 Å². The van der Waals surface area contributed by atoms with E-state index in [1.165, 1.54) is 20.5 Å². The molecule has 0 aliphatic rings. The fourth-order valence-electron chi connectivity index (χ4n) is 0.942. The van der Waals surface area contributed by atoms with E-state index in [4.69, 9.17) is 4.74 Å². The van der Waals surface area contributed by atoms with Crippen LogP contribution in [0.1, 0.15) is 16.1 Å². The lowest BCUT2D eigenvalue weighted by Crippen LogP contribution is -2.08. The number of hydrogen-bond acceptors (Lipinski definition) is 5. The fourth-order valence-corrected chi connectivity index (χ4v) is 0.942. The number of ether oxygens (including phenoxy) is 2. The van der Waals surface area contributed by atoms with Crippen molar-refractivity contribution in [1.82, 2.24) is 9.97 Å². The van der Waals surface area contributed by atoms with Gasteiger partial charge in [-0.3, -0.25) is 0 Å². The molecular weight excluding hydrogens is 172 g/mol. The van der Waals surface area contributed by atoms with Gasteiger partial charge in [0.25, 0.3) is 0 Å². The SMILES string of the molecule is COC(=O)c1ncnc(OC)c1C. The van der Waals surface area contributed by atoms with Crippen LogP contribution in [0.4, 0.5) is 0 Å². The van der Waals surface area contributed by atoms with Gasteiger partial charge in [-0.05, 0) is 6.92 Å². The molecule has 0 radical (unpaired) electrons. The number of carbonyl (C=O) groups excluding carboxylic acids is 1. The van der Waals surface area contributed by atoms with Crippen LogP contribution in [0, 0.1) is 6.92 Å². The molecule has 5 nitrogen and oxygen atoms in total. The molecule has 0 bridgehead atoms. The van der Waals surface area contributed by atoms with Crippen LogP contribution in [0.15, 0.2) is 6.33 Å². The second-order valence-electron chi connectivity index (χ2n) is 2.35. The lowest BCUT2D eigenvalue weighted by atomic mass is 10.2. The molecule has 0 saturated heterocycles. The Bertz CT molecular complexity index is 325. The molecule has 0 unspecified atom stereocenters. The molecule has 1 rings (SSSR count). The number of methoxy groups -OCH3 is 2. The van der Waals surface area contributed by atoms with Crippen molar-refractivity contribution in [3.05, 3.63) is 17.6 Å². The van der Waals surface area contributed by atoms with E-state index < -0.39 is 5.97 Å². The Kier molecular flexibility index (Phi) is 2.79. The normalized spacial score (nSPS) is 9.46. The molecule has 0 N–H and O–H groups in total. The fraction of sp³-hybridized carbons (Fsp3) is 0.375. The third-order valence-electron chi connectivity index (χ3n) is 1.61. The molecule has 1 aromatic rings. The molecule has 0 aliphatic carbocycles. The molecular formula is C8H10N2O3. The molecule has 13 heavy (non-hydrogen) atoms. The van der Waals surface area contributed by atoms with E-state index in [2.05, 4.69) is 14.7 Å². The zero-order chi connectivity index (χ0) is 9.84. The van der Waals surface area contributed by atoms with E-state index >= 15 is 0 Å². The minimum atomic E-state index is -0.488. The van der Waals surface area contributed by atoms with Gasteiger partial charge in [-0.15, -0.1) is 0 Å². The molecule has 1 heterocycles. The summed E-state index contributed by atoms with van der Waals surface area (Å²) in [7, 11) is 2.78. The molecule has 0 spiro atoms. The summed E-state index contributed by atoms with van der Waals surface area (Å²) in [6.45, 7) is 1.70. The zero-order valence-electron chi connectivity index (χ0n) is 7.70. The number of esters is 1. The molecule has 1 aromatic heterocycles. The van der Waals surface area contributed by atoms with Crippen LogP contribution in [-0.2, 0) is 4.74 Å². The molecule has 0 aliphatic heterocycles. The van der Waals surface area contributed by atoms with Gasteiger partial charge in [0.05, 0.1) is 14.2 Å². The predicted molar refractivity (Wildman–Crippen MR) is 44.7 cm³/mol. The summed E-state index contributed by atoms with van der Waals surface area (Å²) >= 11 is 0. The van der Waals surface area contributed by atoms with Crippen molar-refractivity contribution in [2.75, 3.05) is 14.2 Å². The molecule has 0 fully saturated rings. The third-order valence-corrected chi connectivity index (χ3v) is 1.61. The van der Waals surface area contributed by atoms with Crippen LogP contribution in [0.25, 0.3) is 0 Å². The monoisotopic (exact) mass is 182 g/mol. The first-order chi connectivity index (χ1) is 6.20. The van der Waals surface area contributed by atoms with Crippen LogP contribution >= 0.6 is 0 Å². The molecule has 0 aromatic carbocycles. The molecule has 0 amide bonds. The summed E-state index contributed by atoms with van der Waals surface area (Å²) in [4.78, 5) is 18.8. The summed E-state index contributed by atoms with van der Waals surface area (Å²) in [6.07, 6.45) is 1.26. The highest BCUT2D eigenvalue weighted by atomic mass is 16.5. The largest absolute Gasteiger partial charge is 0.481 e. The van der Waals surface area contributed by atoms with Crippen molar-refractivity contribution in [3.8, 4) is 5.88 Å². The maximum atomic E-state index is 11.1. The smallest absolute Gasteiger partial charge is 0.357 e. The summed E-state index contributed by atoms with van der Waals surface area (Å²) in [6, 6.07) is 0. The first-order valence-corrected chi connectivity index (χ1v) is 3.64. The van der Waals surface area contributed by atoms with Crippen molar-refractivity contribution < 1.29 is 14.3 Å². The minimum Gasteiger partial charge on any atom is -0.481 e. The van der Waals surface area contributed by atoms with Crippen LogP contribution in [0.2, 0.25) is 0 Å². The summed E-state index contributed by atoms with van der Waals surface area (Å²) in [5, 5.41) is 0. The highest BCUT2D eigenvalue weighted by molar-refractivity contribution is 5.89. The molecule has 70 valence electrons. The highest BCUT2D eigenvalue weighted by Crippen LogP contribution is 2.15. The van der Waals surface area contributed by atoms with Crippen molar-refractivity contribution in [1.29, 1.82) is 0 Å². The van der Waals surface area contributed by atoms with Gasteiger partial charge < -0.3 is 9.47 Å². The maximum Gasteiger partial charge on any atom is 0.357 e. The van der Waals surface area contributed by atoms with E-state index in [0.29, 0.717) is 11.4 Å². The van der Waals surface area contributed by atoms with Gasteiger partial charge in [0.1, 0.15) is 6.33 Å². The Balaban J connectivity index is 3.15. The number of rotatable bonds is 2. The van der Waals surface area contributed by atoms with Gasteiger partial charge in [-0.25, -0.2) is 14.8 Å². The second kappa shape index (κ2) is 3.84. The van der Waals surface area contributed by atoms with Crippen LogP contribution in [-0.4, -0.2) is 30.2 Å². The second-order valence-corrected chi connectivity index (χ2v) is 2.35. The van der Waals surface area contributed by atoms with Crippen LogP contribution < -0.4 is 4.74 Å². The zero-order valence-corrected chi connectivity index (χ0v) is 7.70. The predicted octanol–water partition coefficient (Wildman–Crippen LogP) is 0.580. The standard InChI is InChI=1S/C8H10N2O3/c1-5-6(8(11)13-3)9-4-10-7(5)12-2/h4H,1-3H3. The van der Waals surface area contributed by atoms with E-state index in [-0.39, 0.29) is 5.69 Å². The topological polar surface area (TPSA) is 61.3 Å². The van der Waals surface area contributed by atoms with Crippen molar-refractivity contribution >= 4 is 5.97 Å². The average molecular weight is 182 g/mol. The maximum absolute atomic E-state index is 11.1. The van der Waals surface area contributed by atoms with E-state index in [1.54, 1.807) is 6.92 Å². The minimum absolute atomic E-state index is 0.231. The van der Waals surface area contributed by atoms with E-state index in [9.17, 15) is 4.79 Å². The summed E-state index contributed by atoms with van der Waals surface area (Å²) in [5.74, 6) is -0.103. The number of aromatic nitrogens is 2. The molecule has 0 atom stereocenters. The quantitative estimate of drug-likeness (QED) is 0.626. The van der Waals surface area contributed by atoms with Gasteiger partial charge >= 0.3 is 5.97 Å². The molecule has 0 saturated carbocycles. The lowest BCUT2D eigenvalue weighted by molar-refractivity contribution is 0.0592. The van der Waals surface area contributed by atoms with Crippen molar-refractivity contribution in [3.63, 3.8) is 0 Å². The summed E-state index contributed by atoms with van der Waals surface area (Å²) in [5.41, 5.74) is 0.811. The van der Waals surface area contributed by atoms with Gasteiger partial charge in [0.2, 0.25) is 5.88 Å². The highest BCUT2D eigenvalue weighted by Gasteiger charge is 2.14.